The molecule has 1 aromatic carbocycles. The topological polar surface area (TPSA) is 109 Å². The van der Waals surface area contributed by atoms with Crippen molar-refractivity contribution in [2.45, 2.75) is 32.0 Å². The summed E-state index contributed by atoms with van der Waals surface area (Å²) in [5, 5.41) is 0. The standard InChI is InChI=1S/C18H17F3N4O5/c1-8(15(22)26)30-9-2-3-10-12(6-9)28-5-4-24-14(21)17(23-16(10)24)25-11(13(19)20)7-29-18(25)27/h2-3,6,8,11,13H,4-5,7H2,1H3,(H2,22,26)/t8-,11?/m0/s1. The molecule has 0 bridgehead atoms. The fourth-order valence-electron chi connectivity index (χ4n) is 3.24. The van der Waals surface area contributed by atoms with E-state index in [1.165, 1.54) is 25.1 Å². The summed E-state index contributed by atoms with van der Waals surface area (Å²) in [6.45, 7) is 0.998. The molecule has 1 fully saturated rings. The second-order valence-electron chi connectivity index (χ2n) is 6.72. The van der Waals surface area contributed by atoms with Crippen molar-refractivity contribution in [3.8, 4) is 22.9 Å². The lowest BCUT2D eigenvalue weighted by Crippen LogP contribution is -2.39. The van der Waals surface area contributed by atoms with Crippen LogP contribution in [0.15, 0.2) is 18.2 Å². The lowest BCUT2D eigenvalue weighted by molar-refractivity contribution is -0.123. The maximum absolute atomic E-state index is 15.1. The fourth-order valence-corrected chi connectivity index (χ4v) is 3.24. The number of hydrogen-bond donors (Lipinski definition) is 1. The predicted octanol–water partition coefficient (Wildman–Crippen LogP) is 1.92. The molecule has 12 heteroatoms. The van der Waals surface area contributed by atoms with Gasteiger partial charge in [-0.3, -0.25) is 9.36 Å². The number of anilines is 1. The van der Waals surface area contributed by atoms with Crippen LogP contribution in [-0.4, -0.2) is 53.3 Å². The molecule has 2 aliphatic heterocycles. The van der Waals surface area contributed by atoms with E-state index in [-0.39, 0.29) is 24.7 Å². The van der Waals surface area contributed by atoms with Crippen LogP contribution >= 0.6 is 0 Å². The summed E-state index contributed by atoms with van der Waals surface area (Å²) in [5.74, 6) is -1.46. The number of benzene rings is 1. The second kappa shape index (κ2) is 7.43. The molecule has 4 rings (SSSR count). The first-order valence-corrected chi connectivity index (χ1v) is 9.01. The van der Waals surface area contributed by atoms with Gasteiger partial charge in [0.2, 0.25) is 5.95 Å². The second-order valence-corrected chi connectivity index (χ2v) is 6.72. The van der Waals surface area contributed by atoms with Crippen LogP contribution in [0.2, 0.25) is 0 Å². The SMILES string of the molecule is C[C@H](Oc1ccc2c(c1)OCCn1c-2nc(N2C(=O)OCC2C(F)F)c1F)C(N)=O. The van der Waals surface area contributed by atoms with Gasteiger partial charge in [0.1, 0.15) is 36.6 Å². The van der Waals surface area contributed by atoms with Gasteiger partial charge < -0.3 is 19.9 Å². The van der Waals surface area contributed by atoms with Gasteiger partial charge in [-0.05, 0) is 19.1 Å². The number of fused-ring (bicyclic) bond motifs is 3. The molecule has 9 nitrogen and oxygen atoms in total. The lowest BCUT2D eigenvalue weighted by atomic mass is 10.1. The van der Waals surface area contributed by atoms with Crippen LogP contribution < -0.4 is 20.1 Å². The summed E-state index contributed by atoms with van der Waals surface area (Å²) >= 11 is 0. The zero-order valence-electron chi connectivity index (χ0n) is 15.7. The van der Waals surface area contributed by atoms with E-state index in [0.717, 1.165) is 4.57 Å². The van der Waals surface area contributed by atoms with Gasteiger partial charge in [0.15, 0.2) is 11.9 Å². The van der Waals surface area contributed by atoms with Crippen molar-refractivity contribution in [1.82, 2.24) is 9.55 Å². The number of nitrogens with two attached hydrogens (primary N) is 1. The largest absolute Gasteiger partial charge is 0.491 e. The number of imidazole rings is 1. The first-order chi connectivity index (χ1) is 14.3. The molecule has 160 valence electrons. The number of alkyl halides is 2. The Morgan fingerprint density at radius 3 is 2.83 bits per heavy atom. The Kier molecular flexibility index (Phi) is 4.92. The molecule has 2 N–H and O–H groups in total. The normalized spacial score (nSPS) is 18.9. The number of hydrogen-bond acceptors (Lipinski definition) is 6. The number of rotatable bonds is 5. The van der Waals surface area contributed by atoms with Crippen molar-refractivity contribution in [3.63, 3.8) is 0 Å². The van der Waals surface area contributed by atoms with Crippen molar-refractivity contribution in [1.29, 1.82) is 0 Å². The number of ether oxygens (including phenoxy) is 3. The molecule has 0 radical (unpaired) electrons. The summed E-state index contributed by atoms with van der Waals surface area (Å²) in [7, 11) is 0. The predicted molar refractivity (Wildman–Crippen MR) is 96.0 cm³/mol. The first-order valence-electron chi connectivity index (χ1n) is 9.01. The van der Waals surface area contributed by atoms with E-state index >= 15 is 4.39 Å². The summed E-state index contributed by atoms with van der Waals surface area (Å²) in [4.78, 5) is 27.8. The van der Waals surface area contributed by atoms with Crippen LogP contribution in [0.25, 0.3) is 11.4 Å². The van der Waals surface area contributed by atoms with Crippen LogP contribution in [0.4, 0.5) is 23.8 Å². The van der Waals surface area contributed by atoms with E-state index in [0.29, 0.717) is 16.2 Å². The molecule has 1 aromatic heterocycles. The molecule has 1 saturated heterocycles. The Labute approximate surface area is 168 Å². The average molecular weight is 426 g/mol. The van der Waals surface area contributed by atoms with E-state index in [1.54, 1.807) is 0 Å². The van der Waals surface area contributed by atoms with Crippen LogP contribution in [0.1, 0.15) is 6.92 Å². The summed E-state index contributed by atoms with van der Waals surface area (Å²) < 4.78 is 58.5. The fraction of sp³-hybridized carbons (Fsp3) is 0.389. The van der Waals surface area contributed by atoms with Crippen LogP contribution in [0.3, 0.4) is 0 Å². The van der Waals surface area contributed by atoms with Crippen molar-refractivity contribution >= 4 is 17.8 Å². The molecular formula is C18H17F3N4O5. The third-order valence-electron chi connectivity index (χ3n) is 4.79. The van der Waals surface area contributed by atoms with E-state index in [2.05, 4.69) is 9.72 Å². The van der Waals surface area contributed by atoms with E-state index in [9.17, 15) is 18.4 Å². The monoisotopic (exact) mass is 426 g/mol. The third kappa shape index (κ3) is 3.27. The Balaban J connectivity index is 1.74. The Bertz CT molecular complexity index is 1010. The van der Waals surface area contributed by atoms with Gasteiger partial charge in [0.25, 0.3) is 12.3 Å². The number of halogens is 3. The molecule has 0 saturated carbocycles. The van der Waals surface area contributed by atoms with Crippen molar-refractivity contribution in [2.24, 2.45) is 5.73 Å². The molecule has 30 heavy (non-hydrogen) atoms. The van der Waals surface area contributed by atoms with E-state index < -0.39 is 48.9 Å². The number of aromatic nitrogens is 2. The molecular weight excluding hydrogens is 409 g/mol. The highest BCUT2D eigenvalue weighted by atomic mass is 19.3. The number of carbonyl (C=O) groups excluding carboxylic acids is 2. The van der Waals surface area contributed by atoms with Crippen molar-refractivity contribution in [2.75, 3.05) is 18.1 Å². The van der Waals surface area contributed by atoms with Gasteiger partial charge in [0, 0.05) is 6.07 Å². The summed E-state index contributed by atoms with van der Waals surface area (Å²) in [6.07, 6.45) is -4.90. The molecule has 3 heterocycles. The van der Waals surface area contributed by atoms with E-state index in [4.69, 9.17) is 15.2 Å². The number of nitrogens with zero attached hydrogens (tertiary/aromatic N) is 3. The molecule has 2 aliphatic rings. The van der Waals surface area contributed by atoms with Gasteiger partial charge >= 0.3 is 6.09 Å². The smallest absolute Gasteiger partial charge is 0.416 e. The minimum atomic E-state index is -2.93. The molecule has 2 amide bonds. The molecule has 1 unspecified atom stereocenters. The molecule has 2 atom stereocenters. The van der Waals surface area contributed by atoms with Crippen LogP contribution in [0.5, 0.6) is 11.5 Å². The maximum atomic E-state index is 15.1. The highest BCUT2D eigenvalue weighted by Gasteiger charge is 2.44. The number of primary amides is 1. The Morgan fingerprint density at radius 1 is 1.37 bits per heavy atom. The van der Waals surface area contributed by atoms with Gasteiger partial charge in [-0.1, -0.05) is 0 Å². The van der Waals surface area contributed by atoms with Gasteiger partial charge in [-0.2, -0.15) is 4.39 Å². The minimum absolute atomic E-state index is 0.0267. The molecule has 2 aromatic rings. The summed E-state index contributed by atoms with van der Waals surface area (Å²) in [6, 6.07) is 2.89. The summed E-state index contributed by atoms with van der Waals surface area (Å²) in [5.41, 5.74) is 5.55. The van der Waals surface area contributed by atoms with Crippen LogP contribution in [-0.2, 0) is 16.1 Å². The van der Waals surface area contributed by atoms with Crippen LogP contribution in [0, 0.1) is 5.95 Å². The van der Waals surface area contributed by atoms with Crippen molar-refractivity contribution < 1.29 is 37.0 Å². The lowest BCUT2D eigenvalue weighted by Gasteiger charge is -2.18. The van der Waals surface area contributed by atoms with E-state index in [1.807, 2.05) is 0 Å². The zero-order chi connectivity index (χ0) is 21.6. The average Bonchev–Trinajstić information content (AvgIpc) is 3.16. The zero-order valence-corrected chi connectivity index (χ0v) is 15.7. The van der Waals surface area contributed by atoms with Gasteiger partial charge in [-0.15, -0.1) is 0 Å². The molecule has 0 aliphatic carbocycles. The molecule has 0 spiro atoms. The minimum Gasteiger partial charge on any atom is -0.491 e. The highest BCUT2D eigenvalue weighted by molar-refractivity contribution is 5.90. The maximum Gasteiger partial charge on any atom is 0.416 e. The third-order valence-corrected chi connectivity index (χ3v) is 4.79. The number of carbonyl (C=O) groups is 2. The Hall–Kier alpha value is -3.44. The number of cyclic esters (lactones) is 1. The number of amides is 2. The highest BCUT2D eigenvalue weighted by Crippen LogP contribution is 2.38. The van der Waals surface area contributed by atoms with Gasteiger partial charge in [-0.25, -0.2) is 23.5 Å². The van der Waals surface area contributed by atoms with Crippen molar-refractivity contribution in [3.05, 3.63) is 24.1 Å². The first kappa shape index (κ1) is 19.9. The Morgan fingerprint density at radius 2 is 2.13 bits per heavy atom. The quantitative estimate of drug-likeness (QED) is 0.783. The van der Waals surface area contributed by atoms with Gasteiger partial charge in [0.05, 0.1) is 12.1 Å².